The van der Waals surface area contributed by atoms with Gasteiger partial charge in [-0.2, -0.15) is 4.98 Å². The SMILES string of the molecule is Nc1nc2c(ncn2[C@@H]2O[C@H](CO)C(O)C2Cl)c(=O)[nH]1. The highest BCUT2D eigenvalue weighted by molar-refractivity contribution is 6.21. The minimum atomic E-state index is -1.04. The second kappa shape index (κ2) is 4.70. The lowest BCUT2D eigenvalue weighted by molar-refractivity contribution is -0.0431. The van der Waals surface area contributed by atoms with E-state index in [1.807, 2.05) is 0 Å². The molecule has 4 atom stereocenters. The third kappa shape index (κ3) is 1.86. The van der Waals surface area contributed by atoms with Crippen molar-refractivity contribution < 1.29 is 14.9 Å². The van der Waals surface area contributed by atoms with Gasteiger partial charge in [0.2, 0.25) is 5.95 Å². The van der Waals surface area contributed by atoms with Gasteiger partial charge in [0.25, 0.3) is 5.56 Å². The zero-order chi connectivity index (χ0) is 14.4. The summed E-state index contributed by atoms with van der Waals surface area (Å²) in [6, 6.07) is 0. The van der Waals surface area contributed by atoms with Gasteiger partial charge in [0, 0.05) is 0 Å². The molecule has 0 aliphatic carbocycles. The highest BCUT2D eigenvalue weighted by atomic mass is 35.5. The van der Waals surface area contributed by atoms with Crippen molar-refractivity contribution in [2.75, 3.05) is 12.3 Å². The highest BCUT2D eigenvalue weighted by Gasteiger charge is 2.43. The largest absolute Gasteiger partial charge is 0.394 e. The summed E-state index contributed by atoms with van der Waals surface area (Å²) in [6.07, 6.45) is -1.32. The van der Waals surface area contributed by atoms with Crippen molar-refractivity contribution in [1.29, 1.82) is 0 Å². The molecule has 1 aliphatic rings. The summed E-state index contributed by atoms with van der Waals surface area (Å²) in [5.74, 6) is -0.0624. The topological polar surface area (TPSA) is 139 Å². The van der Waals surface area contributed by atoms with Gasteiger partial charge in [0.05, 0.1) is 12.9 Å². The molecule has 0 amide bonds. The molecule has 0 bridgehead atoms. The number of rotatable bonds is 2. The minimum Gasteiger partial charge on any atom is -0.394 e. The summed E-state index contributed by atoms with van der Waals surface area (Å²) in [5.41, 5.74) is 5.31. The molecule has 1 fully saturated rings. The minimum absolute atomic E-state index is 0.0624. The van der Waals surface area contributed by atoms with Crippen LogP contribution in [0.25, 0.3) is 11.2 Å². The Labute approximate surface area is 117 Å². The second-order valence-electron chi connectivity index (χ2n) is 4.46. The Morgan fingerprint density at radius 2 is 2.35 bits per heavy atom. The van der Waals surface area contributed by atoms with E-state index in [1.165, 1.54) is 10.9 Å². The normalized spacial score (nSPS) is 30.1. The summed E-state index contributed by atoms with van der Waals surface area (Å²) < 4.78 is 6.88. The van der Waals surface area contributed by atoms with Crippen LogP contribution in [0.15, 0.2) is 11.1 Å². The zero-order valence-corrected chi connectivity index (χ0v) is 10.9. The standard InChI is InChI=1S/C10H12ClN5O4/c11-4-6(18)3(1-17)20-9(4)16-2-13-5-7(16)14-10(12)15-8(5)19/h2-4,6,9,17-18H,1H2,(H3,12,14,15,19)/t3-,4?,6?,9-/m1/s1. The summed E-state index contributed by atoms with van der Waals surface area (Å²) in [4.78, 5) is 21.9. The number of nitrogen functional groups attached to an aromatic ring is 1. The fraction of sp³-hybridized carbons (Fsp3) is 0.500. The molecule has 2 unspecified atom stereocenters. The Morgan fingerprint density at radius 3 is 3.00 bits per heavy atom. The lowest BCUT2D eigenvalue weighted by atomic mass is 10.2. The van der Waals surface area contributed by atoms with Crippen molar-refractivity contribution in [1.82, 2.24) is 19.5 Å². The molecule has 20 heavy (non-hydrogen) atoms. The third-order valence-electron chi connectivity index (χ3n) is 3.20. The average molecular weight is 302 g/mol. The molecule has 1 aliphatic heterocycles. The Bertz CT molecular complexity index is 701. The van der Waals surface area contributed by atoms with Crippen LogP contribution in [0, 0.1) is 0 Å². The maximum atomic E-state index is 11.7. The number of imidazole rings is 1. The number of aromatic amines is 1. The third-order valence-corrected chi connectivity index (χ3v) is 3.67. The number of alkyl halides is 1. The van der Waals surface area contributed by atoms with Crippen molar-refractivity contribution in [2.24, 2.45) is 0 Å². The van der Waals surface area contributed by atoms with E-state index in [-0.39, 0.29) is 23.7 Å². The number of halogens is 1. The van der Waals surface area contributed by atoms with Gasteiger partial charge in [-0.15, -0.1) is 11.6 Å². The molecule has 2 aromatic heterocycles. The van der Waals surface area contributed by atoms with E-state index in [2.05, 4.69) is 15.0 Å². The predicted molar refractivity (Wildman–Crippen MR) is 69.2 cm³/mol. The monoisotopic (exact) mass is 301 g/mol. The lowest BCUT2D eigenvalue weighted by Crippen LogP contribution is -2.29. The van der Waals surface area contributed by atoms with E-state index in [0.717, 1.165) is 0 Å². The molecule has 108 valence electrons. The molecule has 9 nitrogen and oxygen atoms in total. The van der Waals surface area contributed by atoms with Crippen LogP contribution in [0.5, 0.6) is 0 Å². The molecule has 10 heteroatoms. The molecular formula is C10H12ClN5O4. The first-order valence-corrected chi connectivity index (χ1v) is 6.27. The van der Waals surface area contributed by atoms with Gasteiger partial charge in [-0.3, -0.25) is 14.3 Å². The van der Waals surface area contributed by atoms with E-state index in [1.54, 1.807) is 0 Å². The molecule has 3 rings (SSSR count). The first-order valence-electron chi connectivity index (χ1n) is 5.83. The fourth-order valence-corrected chi connectivity index (χ4v) is 2.55. The molecular weight excluding hydrogens is 290 g/mol. The number of hydrogen-bond donors (Lipinski definition) is 4. The van der Waals surface area contributed by atoms with E-state index < -0.39 is 29.4 Å². The van der Waals surface area contributed by atoms with Crippen LogP contribution < -0.4 is 11.3 Å². The quantitative estimate of drug-likeness (QED) is 0.498. The van der Waals surface area contributed by atoms with Crippen LogP contribution in [0.2, 0.25) is 0 Å². The van der Waals surface area contributed by atoms with Crippen LogP contribution in [-0.4, -0.2) is 53.9 Å². The lowest BCUT2D eigenvalue weighted by Gasteiger charge is -2.15. The van der Waals surface area contributed by atoms with Crippen LogP contribution in [0.1, 0.15) is 6.23 Å². The molecule has 0 spiro atoms. The number of nitrogens with one attached hydrogen (secondary N) is 1. The summed E-state index contributed by atoms with van der Waals surface area (Å²) >= 11 is 6.09. The van der Waals surface area contributed by atoms with Crippen molar-refractivity contribution >= 4 is 28.7 Å². The number of aliphatic hydroxyl groups is 2. The van der Waals surface area contributed by atoms with Crippen LogP contribution in [-0.2, 0) is 4.74 Å². The number of aliphatic hydroxyl groups excluding tert-OH is 2. The van der Waals surface area contributed by atoms with Gasteiger partial charge >= 0.3 is 0 Å². The summed E-state index contributed by atoms with van der Waals surface area (Å²) in [7, 11) is 0. The van der Waals surface area contributed by atoms with Crippen molar-refractivity contribution in [3.8, 4) is 0 Å². The first kappa shape index (κ1) is 13.3. The number of fused-ring (bicyclic) bond motifs is 1. The van der Waals surface area contributed by atoms with Gasteiger partial charge in [-0.1, -0.05) is 0 Å². The van der Waals surface area contributed by atoms with Crippen molar-refractivity contribution in [2.45, 2.75) is 23.8 Å². The van der Waals surface area contributed by atoms with Gasteiger partial charge in [0.1, 0.15) is 17.6 Å². The summed E-state index contributed by atoms with van der Waals surface area (Å²) in [6.45, 7) is -0.371. The molecule has 0 radical (unpaired) electrons. The number of hydrogen-bond acceptors (Lipinski definition) is 7. The zero-order valence-electron chi connectivity index (χ0n) is 10.1. The van der Waals surface area contributed by atoms with E-state index >= 15 is 0 Å². The van der Waals surface area contributed by atoms with Crippen LogP contribution >= 0.6 is 11.6 Å². The highest BCUT2D eigenvalue weighted by Crippen LogP contribution is 2.34. The van der Waals surface area contributed by atoms with Gasteiger partial charge in [0.15, 0.2) is 17.4 Å². The van der Waals surface area contributed by atoms with E-state index in [4.69, 9.17) is 27.2 Å². The van der Waals surface area contributed by atoms with Gasteiger partial charge in [-0.05, 0) is 0 Å². The molecule has 1 saturated heterocycles. The molecule has 3 heterocycles. The fourth-order valence-electron chi connectivity index (χ4n) is 2.21. The Morgan fingerprint density at radius 1 is 1.60 bits per heavy atom. The number of ether oxygens (including phenoxy) is 1. The van der Waals surface area contributed by atoms with Crippen LogP contribution in [0.4, 0.5) is 5.95 Å². The second-order valence-corrected chi connectivity index (χ2v) is 4.96. The molecule has 5 N–H and O–H groups in total. The number of aromatic nitrogens is 4. The maximum absolute atomic E-state index is 11.7. The smallest absolute Gasteiger partial charge is 0.280 e. The van der Waals surface area contributed by atoms with Crippen molar-refractivity contribution in [3.63, 3.8) is 0 Å². The number of anilines is 1. The number of nitrogens with zero attached hydrogens (tertiary/aromatic N) is 3. The van der Waals surface area contributed by atoms with Gasteiger partial charge < -0.3 is 20.7 Å². The Kier molecular flexibility index (Phi) is 3.13. The van der Waals surface area contributed by atoms with Crippen LogP contribution in [0.3, 0.4) is 0 Å². The van der Waals surface area contributed by atoms with E-state index in [0.29, 0.717) is 0 Å². The molecule has 0 aromatic carbocycles. The molecule has 0 saturated carbocycles. The van der Waals surface area contributed by atoms with Crippen molar-refractivity contribution in [3.05, 3.63) is 16.7 Å². The summed E-state index contributed by atoms with van der Waals surface area (Å²) in [5, 5.41) is 18.1. The number of H-pyrrole nitrogens is 1. The average Bonchev–Trinajstić information content (AvgIpc) is 2.93. The number of nitrogens with two attached hydrogens (primary N) is 1. The maximum Gasteiger partial charge on any atom is 0.280 e. The van der Waals surface area contributed by atoms with Gasteiger partial charge in [-0.25, -0.2) is 4.98 Å². The Hall–Kier alpha value is -1.68. The predicted octanol–water partition coefficient (Wildman–Crippen LogP) is -1.44. The van der Waals surface area contributed by atoms with E-state index in [9.17, 15) is 9.90 Å². The molecule has 2 aromatic rings. The Balaban J connectivity index is 2.09. The first-order chi connectivity index (χ1) is 9.52.